The number of carbonyl (C=O) groups excluding carboxylic acids is 1. The second-order valence-electron chi connectivity index (χ2n) is 6.16. The van der Waals surface area contributed by atoms with Crippen molar-refractivity contribution in [2.24, 2.45) is 5.92 Å². The molecule has 0 aromatic heterocycles. The van der Waals surface area contributed by atoms with E-state index < -0.39 is 0 Å². The van der Waals surface area contributed by atoms with E-state index in [-0.39, 0.29) is 11.8 Å². The van der Waals surface area contributed by atoms with Gasteiger partial charge in [-0.1, -0.05) is 62.4 Å². The Balaban J connectivity index is 2.13. The van der Waals surface area contributed by atoms with E-state index in [1.165, 1.54) is 10.6 Å². The smallest absolute Gasteiger partial charge is 0.248 e. The Labute approximate surface area is 138 Å². The number of benzene rings is 2. The van der Waals surface area contributed by atoms with E-state index in [4.69, 9.17) is 4.84 Å². The number of hydrogen-bond donors (Lipinski definition) is 0. The number of aryl methyl sites for hydroxylation is 2. The van der Waals surface area contributed by atoms with Gasteiger partial charge in [-0.2, -0.15) is 0 Å². The third-order valence-electron chi connectivity index (χ3n) is 3.95. The largest absolute Gasteiger partial charge is 0.272 e. The monoisotopic (exact) mass is 311 g/mol. The number of rotatable bonds is 6. The zero-order valence-electron chi connectivity index (χ0n) is 14.4. The van der Waals surface area contributed by atoms with E-state index in [1.807, 2.05) is 50.2 Å². The number of amides is 1. The van der Waals surface area contributed by atoms with Crippen LogP contribution < -0.4 is 0 Å². The van der Waals surface area contributed by atoms with Gasteiger partial charge < -0.3 is 0 Å². The average Bonchev–Trinajstić information content (AvgIpc) is 2.53. The van der Waals surface area contributed by atoms with Crippen molar-refractivity contribution in [3.05, 3.63) is 70.8 Å². The van der Waals surface area contributed by atoms with Gasteiger partial charge >= 0.3 is 0 Å². The van der Waals surface area contributed by atoms with Crippen LogP contribution in [0.3, 0.4) is 0 Å². The molecule has 1 amide bonds. The van der Waals surface area contributed by atoms with Crippen molar-refractivity contribution >= 4 is 5.91 Å². The van der Waals surface area contributed by atoms with Crippen LogP contribution >= 0.6 is 0 Å². The lowest BCUT2D eigenvalue weighted by atomic mass is 10.1. The summed E-state index contributed by atoms with van der Waals surface area (Å²) in [6.07, 6.45) is 0. The van der Waals surface area contributed by atoms with Crippen LogP contribution in [0.5, 0.6) is 0 Å². The Morgan fingerprint density at radius 3 is 2.00 bits per heavy atom. The molecule has 0 unspecified atom stereocenters. The van der Waals surface area contributed by atoms with Crippen molar-refractivity contribution in [3.63, 3.8) is 0 Å². The molecule has 3 heteroatoms. The molecule has 0 bridgehead atoms. The second-order valence-corrected chi connectivity index (χ2v) is 6.16. The molecule has 0 radical (unpaired) electrons. The van der Waals surface area contributed by atoms with Gasteiger partial charge in [0.25, 0.3) is 0 Å². The van der Waals surface area contributed by atoms with Crippen LogP contribution in [0.25, 0.3) is 0 Å². The van der Waals surface area contributed by atoms with Gasteiger partial charge in [-0.15, -0.1) is 0 Å². The van der Waals surface area contributed by atoms with Crippen molar-refractivity contribution < 1.29 is 9.63 Å². The summed E-state index contributed by atoms with van der Waals surface area (Å²) in [4.78, 5) is 18.3. The van der Waals surface area contributed by atoms with Gasteiger partial charge in [0.2, 0.25) is 5.91 Å². The van der Waals surface area contributed by atoms with E-state index in [0.29, 0.717) is 13.2 Å². The van der Waals surface area contributed by atoms with Crippen LogP contribution in [-0.2, 0) is 22.8 Å². The van der Waals surface area contributed by atoms with Gasteiger partial charge in [-0.05, 0) is 36.1 Å². The summed E-state index contributed by atoms with van der Waals surface area (Å²) >= 11 is 0. The topological polar surface area (TPSA) is 29.5 Å². The van der Waals surface area contributed by atoms with Gasteiger partial charge in [-0.3, -0.25) is 9.63 Å². The fraction of sp³-hybridized carbons (Fsp3) is 0.350. The molecule has 23 heavy (non-hydrogen) atoms. The van der Waals surface area contributed by atoms with E-state index in [0.717, 1.165) is 16.7 Å². The molecule has 2 rings (SSSR count). The molecular formula is C20H25NO2. The normalized spacial score (nSPS) is 10.8. The number of nitrogens with zero attached hydrogens (tertiary/aromatic N) is 1. The molecule has 0 spiro atoms. The van der Waals surface area contributed by atoms with Crippen LogP contribution in [0, 0.1) is 19.8 Å². The van der Waals surface area contributed by atoms with Crippen molar-refractivity contribution in [2.75, 3.05) is 0 Å². The Bertz CT molecular complexity index is 664. The fourth-order valence-corrected chi connectivity index (χ4v) is 2.34. The highest BCUT2D eigenvalue weighted by molar-refractivity contribution is 5.77. The molecule has 0 atom stereocenters. The minimum Gasteiger partial charge on any atom is -0.272 e. The van der Waals surface area contributed by atoms with E-state index in [2.05, 4.69) is 26.0 Å². The summed E-state index contributed by atoms with van der Waals surface area (Å²) in [6, 6.07) is 16.1. The zero-order chi connectivity index (χ0) is 16.8. The van der Waals surface area contributed by atoms with Crippen LogP contribution in [0.4, 0.5) is 0 Å². The first-order chi connectivity index (χ1) is 11.0. The summed E-state index contributed by atoms with van der Waals surface area (Å²) in [6.45, 7) is 8.75. The third kappa shape index (κ3) is 4.67. The molecule has 0 fully saturated rings. The summed E-state index contributed by atoms with van der Waals surface area (Å²) in [5, 5.41) is 1.50. The Morgan fingerprint density at radius 1 is 0.957 bits per heavy atom. The molecule has 0 N–H and O–H groups in total. The molecule has 3 nitrogen and oxygen atoms in total. The fourth-order valence-electron chi connectivity index (χ4n) is 2.34. The van der Waals surface area contributed by atoms with Crippen molar-refractivity contribution in [2.45, 2.75) is 40.8 Å². The van der Waals surface area contributed by atoms with Crippen molar-refractivity contribution in [1.82, 2.24) is 5.06 Å². The lowest BCUT2D eigenvalue weighted by molar-refractivity contribution is -0.199. The molecule has 0 heterocycles. The van der Waals surface area contributed by atoms with Gasteiger partial charge in [0.05, 0.1) is 6.54 Å². The lowest BCUT2D eigenvalue weighted by Crippen LogP contribution is -2.34. The molecule has 0 saturated heterocycles. The highest BCUT2D eigenvalue weighted by Gasteiger charge is 2.19. The first-order valence-corrected chi connectivity index (χ1v) is 8.02. The zero-order valence-corrected chi connectivity index (χ0v) is 14.4. The molecule has 0 aliphatic heterocycles. The maximum atomic E-state index is 12.5. The summed E-state index contributed by atoms with van der Waals surface area (Å²) < 4.78 is 0. The number of carbonyl (C=O) groups is 1. The van der Waals surface area contributed by atoms with Gasteiger partial charge in [0, 0.05) is 5.92 Å². The van der Waals surface area contributed by atoms with Crippen LogP contribution in [0.2, 0.25) is 0 Å². The summed E-state index contributed by atoms with van der Waals surface area (Å²) in [5.74, 6) is -0.0993. The van der Waals surface area contributed by atoms with Crippen LogP contribution in [-0.4, -0.2) is 11.0 Å². The Morgan fingerprint density at radius 2 is 1.48 bits per heavy atom. The Kier molecular flexibility index (Phi) is 5.94. The van der Waals surface area contributed by atoms with Crippen LogP contribution in [0.15, 0.2) is 48.5 Å². The minimum absolute atomic E-state index is 0.00170. The van der Waals surface area contributed by atoms with Gasteiger partial charge in [0.1, 0.15) is 6.61 Å². The second kappa shape index (κ2) is 7.93. The van der Waals surface area contributed by atoms with Gasteiger partial charge in [-0.25, -0.2) is 5.06 Å². The van der Waals surface area contributed by atoms with E-state index in [9.17, 15) is 4.79 Å². The quantitative estimate of drug-likeness (QED) is 0.739. The average molecular weight is 311 g/mol. The lowest BCUT2D eigenvalue weighted by Gasteiger charge is -2.25. The predicted molar refractivity (Wildman–Crippen MR) is 92.5 cm³/mol. The standard InChI is InChI=1S/C20H25NO2/c1-15(2)20(22)21(13-18-11-7-5-9-16(18)3)23-14-19-12-8-6-10-17(19)4/h5-12,15H,13-14H2,1-4H3. The molecule has 0 aliphatic rings. The molecule has 2 aromatic carbocycles. The molecule has 0 saturated carbocycles. The maximum absolute atomic E-state index is 12.5. The Hall–Kier alpha value is -2.13. The molecule has 0 aliphatic carbocycles. The predicted octanol–water partition coefficient (Wildman–Crippen LogP) is 4.42. The van der Waals surface area contributed by atoms with Crippen LogP contribution in [0.1, 0.15) is 36.1 Å². The van der Waals surface area contributed by atoms with Crippen molar-refractivity contribution in [1.29, 1.82) is 0 Å². The molecular weight excluding hydrogens is 286 g/mol. The maximum Gasteiger partial charge on any atom is 0.248 e. The molecule has 122 valence electrons. The SMILES string of the molecule is Cc1ccccc1CON(Cc1ccccc1C)C(=O)C(C)C. The highest BCUT2D eigenvalue weighted by Crippen LogP contribution is 2.16. The summed E-state index contributed by atoms with van der Waals surface area (Å²) in [5.41, 5.74) is 4.53. The number of hydrogen-bond acceptors (Lipinski definition) is 2. The summed E-state index contributed by atoms with van der Waals surface area (Å²) in [7, 11) is 0. The van der Waals surface area contributed by atoms with Crippen molar-refractivity contribution in [3.8, 4) is 0 Å². The van der Waals surface area contributed by atoms with E-state index >= 15 is 0 Å². The number of hydroxylamine groups is 2. The third-order valence-corrected chi connectivity index (χ3v) is 3.95. The first-order valence-electron chi connectivity index (χ1n) is 8.02. The highest BCUT2D eigenvalue weighted by atomic mass is 16.7. The van der Waals surface area contributed by atoms with E-state index in [1.54, 1.807) is 0 Å². The first kappa shape index (κ1) is 17.2. The molecule has 2 aromatic rings. The minimum atomic E-state index is -0.101. The van der Waals surface area contributed by atoms with Gasteiger partial charge in [0.15, 0.2) is 0 Å².